The molecule has 4 aliphatic heterocycles. The molecule has 0 bridgehead atoms. The fourth-order valence-corrected chi connectivity index (χ4v) is 10.5. The molecule has 26 heteroatoms. The summed E-state index contributed by atoms with van der Waals surface area (Å²) in [4.78, 5) is 109. The number of rotatable bonds is 17. The molecule has 1 fully saturated rings. The van der Waals surface area contributed by atoms with Crippen LogP contribution in [0.15, 0.2) is 59.4 Å². The van der Waals surface area contributed by atoms with Crippen molar-refractivity contribution in [3.8, 4) is 27.6 Å². The van der Waals surface area contributed by atoms with Gasteiger partial charge in [0.05, 0.1) is 41.3 Å². The summed E-state index contributed by atoms with van der Waals surface area (Å²) < 4.78 is 39.3. The topological polar surface area (TPSA) is 352 Å². The number of carboxylic acids is 1. The molecule has 6 atom stereocenters. The molecule has 0 unspecified atom stereocenters. The number of nitrogens with one attached hydrogen (secondary N) is 3. The van der Waals surface area contributed by atoms with Gasteiger partial charge in [-0.15, -0.1) is 11.3 Å². The Morgan fingerprint density at radius 3 is 2.40 bits per heavy atom. The van der Waals surface area contributed by atoms with Gasteiger partial charge in [0.1, 0.15) is 43.1 Å². The lowest BCUT2D eigenvalue weighted by molar-refractivity contribution is -0.271. The lowest BCUT2D eigenvalue weighted by atomic mass is 9.86. The number of esters is 1. The zero-order valence-electron chi connectivity index (χ0n) is 40.9. The highest BCUT2D eigenvalue weighted by atomic mass is 32.1. The number of carboxylic acid groups (broad SMARTS) is 1. The highest BCUT2D eigenvalue weighted by Gasteiger charge is 2.49. The SMILES string of the molecule is CC[C@@]1(O)C(=O)OCc2c1cc1n(c2=O)Cc2c-1nc1cc(F)c(C)c(-c3ccc(CO)s3)c1c2CNC(=O)OCc1ccc(O[C@@H]2O[C@H](C(=O)O)[C@@H](O)[C@H](O)[C@H]2O)c(NC(=O)CCNC(=O)CCN2C(=O)C=CC2=O)c1. The Morgan fingerprint density at radius 1 is 0.948 bits per heavy atom. The normalized spacial score (nSPS) is 21.3. The van der Waals surface area contributed by atoms with Crippen LogP contribution < -0.4 is 26.2 Å². The fourth-order valence-electron chi connectivity index (χ4n) is 9.49. The van der Waals surface area contributed by atoms with Crippen molar-refractivity contribution in [3.05, 3.63) is 109 Å². The summed E-state index contributed by atoms with van der Waals surface area (Å²) in [5, 5.41) is 70.5. The number of nitrogens with zero attached hydrogens (tertiary/aromatic N) is 3. The number of benzene rings is 2. The Labute approximate surface area is 438 Å². The number of aliphatic hydroxyl groups is 5. The molecule has 404 valence electrons. The number of hydrogen-bond acceptors (Lipinski definition) is 19. The number of ether oxygens (including phenoxy) is 4. The molecule has 0 spiro atoms. The van der Waals surface area contributed by atoms with E-state index in [2.05, 4.69) is 16.0 Å². The number of pyridine rings is 2. The first-order valence-corrected chi connectivity index (χ1v) is 24.8. The number of carbonyl (C=O) groups excluding carboxylic acids is 6. The van der Waals surface area contributed by atoms with E-state index in [0.29, 0.717) is 31.8 Å². The summed E-state index contributed by atoms with van der Waals surface area (Å²) in [6.45, 7) is 1.17. The fraction of sp³-hybridized carbons (Fsp3) is 0.353. The van der Waals surface area contributed by atoms with Crippen molar-refractivity contribution in [2.24, 2.45) is 0 Å². The third-order valence-electron chi connectivity index (χ3n) is 13.6. The van der Waals surface area contributed by atoms with Crippen LogP contribution in [0.25, 0.3) is 32.7 Å². The number of cyclic esters (lactones) is 1. The van der Waals surface area contributed by atoms with Crippen LogP contribution >= 0.6 is 11.3 Å². The lowest BCUT2D eigenvalue weighted by Gasteiger charge is -2.38. The summed E-state index contributed by atoms with van der Waals surface area (Å²) in [5.74, 6) is -5.92. The third-order valence-corrected chi connectivity index (χ3v) is 14.7. The van der Waals surface area contributed by atoms with E-state index in [9.17, 15) is 69.0 Å². The van der Waals surface area contributed by atoms with Gasteiger partial charge in [-0.25, -0.2) is 23.8 Å². The predicted molar refractivity (Wildman–Crippen MR) is 264 cm³/mol. The second kappa shape index (κ2) is 21.6. The van der Waals surface area contributed by atoms with E-state index >= 15 is 4.39 Å². The number of hydrogen-bond donors (Lipinski definition) is 9. The summed E-state index contributed by atoms with van der Waals surface area (Å²) in [7, 11) is 0. The molecule has 24 nitrogen and oxygen atoms in total. The van der Waals surface area contributed by atoms with Crippen molar-refractivity contribution in [2.75, 3.05) is 18.4 Å². The van der Waals surface area contributed by atoms with Gasteiger partial charge >= 0.3 is 18.0 Å². The number of carbonyl (C=O) groups is 7. The maximum atomic E-state index is 16.0. The number of aliphatic hydroxyl groups excluding tert-OH is 4. The van der Waals surface area contributed by atoms with Gasteiger partial charge in [0.2, 0.25) is 18.1 Å². The molecule has 0 radical (unpaired) electrons. The minimum Gasteiger partial charge on any atom is -0.479 e. The van der Waals surface area contributed by atoms with Crippen molar-refractivity contribution in [1.29, 1.82) is 0 Å². The van der Waals surface area contributed by atoms with E-state index in [4.69, 9.17) is 23.9 Å². The van der Waals surface area contributed by atoms with Crippen LogP contribution in [0.2, 0.25) is 0 Å². The Morgan fingerprint density at radius 2 is 1.70 bits per heavy atom. The van der Waals surface area contributed by atoms with Crippen LogP contribution in [0, 0.1) is 12.7 Å². The quantitative estimate of drug-likeness (QED) is 0.0458. The molecular weight excluding hydrogens is 1040 g/mol. The molecular formula is C51H49FN6O18S. The van der Waals surface area contributed by atoms with E-state index < -0.39 is 96.0 Å². The molecule has 5 amide bonds. The lowest BCUT2D eigenvalue weighted by Crippen LogP contribution is -2.61. The van der Waals surface area contributed by atoms with Gasteiger partial charge in [-0.2, -0.15) is 0 Å². The highest BCUT2D eigenvalue weighted by Crippen LogP contribution is 2.45. The van der Waals surface area contributed by atoms with Crippen LogP contribution in [0.4, 0.5) is 14.9 Å². The Hall–Kier alpha value is -7.98. The van der Waals surface area contributed by atoms with Crippen molar-refractivity contribution >= 4 is 69.6 Å². The number of fused-ring (bicyclic) bond motifs is 5. The monoisotopic (exact) mass is 1080 g/mol. The van der Waals surface area contributed by atoms with E-state index in [0.717, 1.165) is 17.1 Å². The smallest absolute Gasteiger partial charge is 0.407 e. The first-order valence-electron chi connectivity index (χ1n) is 24.0. The Balaban J connectivity index is 0.976. The second-order valence-electron chi connectivity index (χ2n) is 18.4. The van der Waals surface area contributed by atoms with Crippen molar-refractivity contribution in [3.63, 3.8) is 0 Å². The second-order valence-corrected chi connectivity index (χ2v) is 19.5. The number of aromatic nitrogens is 2. The Kier molecular flexibility index (Phi) is 15.1. The highest BCUT2D eigenvalue weighted by molar-refractivity contribution is 7.15. The summed E-state index contributed by atoms with van der Waals surface area (Å²) >= 11 is 1.21. The van der Waals surface area contributed by atoms with Gasteiger partial charge in [-0.3, -0.25) is 28.9 Å². The summed E-state index contributed by atoms with van der Waals surface area (Å²) in [6, 6.07) is 10.0. The molecule has 2 aromatic carbocycles. The summed E-state index contributed by atoms with van der Waals surface area (Å²) in [6.07, 6.45) is -9.55. The first-order chi connectivity index (χ1) is 36.7. The Bertz CT molecular complexity index is 3380. The molecule has 1 saturated heterocycles. The third kappa shape index (κ3) is 10.3. The number of amides is 5. The molecule has 9 N–H and O–H groups in total. The largest absolute Gasteiger partial charge is 0.479 e. The average molecular weight is 1090 g/mol. The minimum atomic E-state index is -2.14. The molecule has 0 saturated carbocycles. The predicted octanol–water partition coefficient (Wildman–Crippen LogP) is 1.21. The number of thiophene rings is 1. The zero-order valence-corrected chi connectivity index (χ0v) is 41.7. The number of alkyl carbamates (subject to hydrolysis) is 1. The van der Waals surface area contributed by atoms with Gasteiger partial charge in [-0.1, -0.05) is 13.0 Å². The van der Waals surface area contributed by atoms with Gasteiger partial charge in [0.25, 0.3) is 17.4 Å². The van der Waals surface area contributed by atoms with E-state index in [1.807, 2.05) is 0 Å². The van der Waals surface area contributed by atoms with Gasteiger partial charge in [-0.05, 0) is 60.4 Å². The van der Waals surface area contributed by atoms with Gasteiger partial charge < -0.3 is 70.1 Å². The van der Waals surface area contributed by atoms with Crippen molar-refractivity contribution in [1.82, 2.24) is 25.1 Å². The van der Waals surface area contributed by atoms with Crippen LogP contribution in [-0.4, -0.2) is 131 Å². The van der Waals surface area contributed by atoms with E-state index in [1.165, 1.54) is 46.2 Å². The number of aliphatic carboxylic acids is 1. The number of halogens is 1. The van der Waals surface area contributed by atoms with E-state index in [-0.39, 0.29) is 109 Å². The maximum absolute atomic E-state index is 16.0. The van der Waals surface area contributed by atoms with Crippen LogP contribution in [0.5, 0.6) is 5.75 Å². The molecule has 5 aromatic rings. The van der Waals surface area contributed by atoms with Gasteiger partial charge in [0, 0.05) is 82.5 Å². The molecule has 3 aromatic heterocycles. The maximum Gasteiger partial charge on any atom is 0.407 e. The standard InChI is InChI=1S/C51H49FN6O18S/c1-3-51(72)28-15-32-41-26(18-58(32)46(67)27(28)21-73-49(51)70)25(40-31(56-41)16-29(52)22(2)39(40)34-7-5-24(19-59)77-34)17-54-50(71)74-20-23-4-6-33(75-48-44(66)42(64)43(65)45(76-48)47(68)69)30(14-23)55-36(61)10-12-53-35(60)11-13-57-37(62)8-9-38(57)63/h4-9,14-16,42-45,48,59,64-66,72H,3,10-13,17-21H2,1-2H3,(H,53,60)(H,54,71)(H,55,61)(H,68,69)/t42-,43-,44+,45-,48+,51-/m0/s1. The van der Waals surface area contributed by atoms with Crippen LogP contribution in [0.3, 0.4) is 0 Å². The molecule has 4 aliphatic rings. The van der Waals surface area contributed by atoms with Gasteiger partial charge in [0.15, 0.2) is 11.7 Å². The summed E-state index contributed by atoms with van der Waals surface area (Å²) in [5.41, 5.74) is -0.450. The first kappa shape index (κ1) is 53.8. The minimum absolute atomic E-state index is 0.0513. The van der Waals surface area contributed by atoms with E-state index in [1.54, 1.807) is 26.0 Å². The number of imide groups is 1. The van der Waals surface area contributed by atoms with Crippen molar-refractivity contribution < 1.29 is 87.5 Å². The van der Waals surface area contributed by atoms with Crippen LogP contribution in [0.1, 0.15) is 64.4 Å². The molecule has 9 rings (SSSR count). The van der Waals surface area contributed by atoms with Crippen LogP contribution in [-0.2, 0) is 81.5 Å². The zero-order chi connectivity index (χ0) is 55.2. The molecule has 0 aliphatic carbocycles. The van der Waals surface area contributed by atoms with Crippen molar-refractivity contribution in [2.45, 2.75) is 102 Å². The average Bonchev–Trinajstić information content (AvgIpc) is 4.27. The molecule has 7 heterocycles. The molecule has 77 heavy (non-hydrogen) atoms. The number of anilines is 1.